The van der Waals surface area contributed by atoms with E-state index in [1.165, 1.54) is 17.0 Å². The lowest BCUT2D eigenvalue weighted by molar-refractivity contribution is -0.121. The maximum atomic E-state index is 12.9. The number of anilines is 1. The van der Waals surface area contributed by atoms with E-state index in [0.717, 1.165) is 6.07 Å². The second-order valence-corrected chi connectivity index (χ2v) is 4.37. The van der Waals surface area contributed by atoms with Gasteiger partial charge in [0, 0.05) is 18.8 Å². The molecule has 6 heteroatoms. The Bertz CT molecular complexity index is 504. The van der Waals surface area contributed by atoms with E-state index in [1.807, 2.05) is 0 Å². The minimum absolute atomic E-state index is 0.0996. The first-order valence-corrected chi connectivity index (χ1v) is 5.62. The molecule has 4 N–H and O–H groups in total. The summed E-state index contributed by atoms with van der Waals surface area (Å²) in [5.74, 6) is -1.50. The average Bonchev–Trinajstić information content (AvgIpc) is 2.77. The number of carbonyl (C=O) groups excluding carboxylic acids is 2. The minimum Gasteiger partial charge on any atom is -0.398 e. The lowest BCUT2D eigenvalue weighted by Crippen LogP contribution is -2.32. The van der Waals surface area contributed by atoms with E-state index in [9.17, 15) is 14.0 Å². The van der Waals surface area contributed by atoms with Gasteiger partial charge >= 0.3 is 0 Å². The van der Waals surface area contributed by atoms with Crippen LogP contribution in [0.15, 0.2) is 18.2 Å². The first-order valence-electron chi connectivity index (χ1n) is 5.62. The highest BCUT2D eigenvalue weighted by Gasteiger charge is 2.30. The molecular formula is C12H14FN3O2. The normalized spacial score (nSPS) is 18.9. The quantitative estimate of drug-likeness (QED) is 0.743. The third kappa shape index (κ3) is 2.27. The summed E-state index contributed by atoms with van der Waals surface area (Å²) < 4.78 is 12.9. The molecule has 0 aromatic heterocycles. The minimum atomic E-state index is -0.486. The lowest BCUT2D eigenvalue weighted by Gasteiger charge is -2.17. The van der Waals surface area contributed by atoms with Crippen molar-refractivity contribution in [1.29, 1.82) is 0 Å². The second kappa shape index (κ2) is 4.64. The third-order valence-corrected chi connectivity index (χ3v) is 3.12. The smallest absolute Gasteiger partial charge is 0.255 e. The summed E-state index contributed by atoms with van der Waals surface area (Å²) >= 11 is 0. The van der Waals surface area contributed by atoms with Crippen LogP contribution in [0.1, 0.15) is 16.8 Å². The van der Waals surface area contributed by atoms with Gasteiger partial charge in [0.25, 0.3) is 5.91 Å². The number of nitrogens with zero attached hydrogens (tertiary/aromatic N) is 1. The summed E-state index contributed by atoms with van der Waals surface area (Å²) in [5, 5.41) is 0. The van der Waals surface area contributed by atoms with E-state index >= 15 is 0 Å². The molecule has 1 aliphatic heterocycles. The van der Waals surface area contributed by atoms with Crippen molar-refractivity contribution in [1.82, 2.24) is 4.90 Å². The Kier molecular flexibility index (Phi) is 3.18. The molecule has 0 spiro atoms. The van der Waals surface area contributed by atoms with Crippen LogP contribution in [0.5, 0.6) is 0 Å². The predicted octanol–water partition coefficient (Wildman–Crippen LogP) is 0.355. The Morgan fingerprint density at radius 3 is 2.67 bits per heavy atom. The maximum absolute atomic E-state index is 12.9. The molecule has 0 radical (unpaired) electrons. The van der Waals surface area contributed by atoms with Crippen LogP contribution in [0.3, 0.4) is 0 Å². The van der Waals surface area contributed by atoms with Crippen LogP contribution in [0.2, 0.25) is 0 Å². The highest BCUT2D eigenvalue weighted by molar-refractivity contribution is 5.99. The summed E-state index contributed by atoms with van der Waals surface area (Å²) in [5.41, 5.74) is 11.2. The van der Waals surface area contributed by atoms with Gasteiger partial charge in [-0.05, 0) is 24.6 Å². The van der Waals surface area contributed by atoms with Gasteiger partial charge in [0.1, 0.15) is 5.82 Å². The molecule has 96 valence electrons. The number of primary amides is 1. The van der Waals surface area contributed by atoms with Crippen LogP contribution in [0.4, 0.5) is 10.1 Å². The molecule has 1 atom stereocenters. The Balaban J connectivity index is 2.15. The fourth-order valence-corrected chi connectivity index (χ4v) is 2.08. The van der Waals surface area contributed by atoms with Crippen LogP contribution < -0.4 is 11.5 Å². The number of nitrogens with two attached hydrogens (primary N) is 2. The number of likely N-dealkylation sites (tertiary alicyclic amines) is 1. The number of rotatable bonds is 2. The van der Waals surface area contributed by atoms with Gasteiger partial charge in [-0.2, -0.15) is 0 Å². The van der Waals surface area contributed by atoms with Crippen LogP contribution in [-0.2, 0) is 4.79 Å². The number of amides is 2. The van der Waals surface area contributed by atoms with Gasteiger partial charge < -0.3 is 16.4 Å². The van der Waals surface area contributed by atoms with Gasteiger partial charge in [-0.25, -0.2) is 4.39 Å². The zero-order valence-corrected chi connectivity index (χ0v) is 9.73. The monoisotopic (exact) mass is 251 g/mol. The van der Waals surface area contributed by atoms with Crippen molar-refractivity contribution in [3.63, 3.8) is 0 Å². The molecule has 1 unspecified atom stereocenters. The van der Waals surface area contributed by atoms with Crippen LogP contribution in [-0.4, -0.2) is 29.8 Å². The van der Waals surface area contributed by atoms with Gasteiger partial charge in [0.05, 0.1) is 11.5 Å². The van der Waals surface area contributed by atoms with Crippen LogP contribution in [0, 0.1) is 11.7 Å². The molecular weight excluding hydrogens is 237 g/mol. The van der Waals surface area contributed by atoms with E-state index in [0.29, 0.717) is 19.5 Å². The van der Waals surface area contributed by atoms with Gasteiger partial charge in [0.15, 0.2) is 0 Å². The first kappa shape index (κ1) is 12.3. The molecule has 0 aliphatic carbocycles. The lowest BCUT2D eigenvalue weighted by atomic mass is 10.1. The Morgan fingerprint density at radius 1 is 1.39 bits per heavy atom. The molecule has 18 heavy (non-hydrogen) atoms. The molecule has 1 fully saturated rings. The van der Waals surface area contributed by atoms with Crippen molar-refractivity contribution in [3.8, 4) is 0 Å². The SMILES string of the molecule is NC(=O)C1CCN(C(=O)c2ccc(F)cc2N)C1. The number of halogens is 1. The molecule has 5 nitrogen and oxygen atoms in total. The van der Waals surface area contributed by atoms with Crippen molar-refractivity contribution >= 4 is 17.5 Å². The largest absolute Gasteiger partial charge is 0.398 e. The highest BCUT2D eigenvalue weighted by atomic mass is 19.1. The van der Waals surface area contributed by atoms with E-state index in [4.69, 9.17) is 11.5 Å². The van der Waals surface area contributed by atoms with E-state index < -0.39 is 11.7 Å². The van der Waals surface area contributed by atoms with Crippen molar-refractivity contribution < 1.29 is 14.0 Å². The molecule has 2 rings (SSSR count). The molecule has 1 heterocycles. The van der Waals surface area contributed by atoms with Gasteiger partial charge in [0.2, 0.25) is 5.91 Å². The molecule has 1 saturated heterocycles. The first-order chi connectivity index (χ1) is 8.49. The number of carbonyl (C=O) groups is 2. The van der Waals surface area contributed by atoms with Crippen LogP contribution in [0.25, 0.3) is 0 Å². The van der Waals surface area contributed by atoms with Gasteiger partial charge in [-0.1, -0.05) is 0 Å². The fraction of sp³-hybridized carbons (Fsp3) is 0.333. The van der Waals surface area contributed by atoms with E-state index in [-0.39, 0.29) is 23.1 Å². The molecule has 1 aliphatic rings. The Labute approximate surface area is 104 Å². The topological polar surface area (TPSA) is 89.4 Å². The van der Waals surface area contributed by atoms with Crippen molar-refractivity contribution in [3.05, 3.63) is 29.6 Å². The van der Waals surface area contributed by atoms with Gasteiger partial charge in [-0.15, -0.1) is 0 Å². The summed E-state index contributed by atoms with van der Waals surface area (Å²) in [6.45, 7) is 0.758. The summed E-state index contributed by atoms with van der Waals surface area (Å²) in [6.07, 6.45) is 0.558. The number of hydrogen-bond donors (Lipinski definition) is 2. The molecule has 0 saturated carbocycles. The number of nitrogen functional groups attached to an aromatic ring is 1. The zero-order valence-electron chi connectivity index (χ0n) is 9.73. The molecule has 0 bridgehead atoms. The summed E-state index contributed by atoms with van der Waals surface area (Å²) in [4.78, 5) is 24.7. The predicted molar refractivity (Wildman–Crippen MR) is 64.0 cm³/mol. The molecule has 1 aromatic carbocycles. The third-order valence-electron chi connectivity index (χ3n) is 3.12. The van der Waals surface area contributed by atoms with E-state index in [1.54, 1.807) is 0 Å². The van der Waals surface area contributed by atoms with Crippen molar-refractivity contribution in [2.45, 2.75) is 6.42 Å². The number of hydrogen-bond acceptors (Lipinski definition) is 3. The standard InChI is InChI=1S/C12H14FN3O2/c13-8-1-2-9(10(14)5-8)12(18)16-4-3-7(6-16)11(15)17/h1-2,5,7H,3-4,6,14H2,(H2,15,17). The highest BCUT2D eigenvalue weighted by Crippen LogP contribution is 2.21. The number of benzene rings is 1. The maximum Gasteiger partial charge on any atom is 0.255 e. The Hall–Kier alpha value is -2.11. The Morgan fingerprint density at radius 2 is 2.11 bits per heavy atom. The van der Waals surface area contributed by atoms with E-state index in [2.05, 4.69) is 0 Å². The fourth-order valence-electron chi connectivity index (χ4n) is 2.08. The molecule has 1 aromatic rings. The zero-order chi connectivity index (χ0) is 13.3. The van der Waals surface area contributed by atoms with Gasteiger partial charge in [-0.3, -0.25) is 9.59 Å². The van der Waals surface area contributed by atoms with Crippen molar-refractivity contribution in [2.75, 3.05) is 18.8 Å². The summed E-state index contributed by atoms with van der Waals surface area (Å²) in [6, 6.07) is 3.64. The second-order valence-electron chi connectivity index (χ2n) is 4.37. The average molecular weight is 251 g/mol. The van der Waals surface area contributed by atoms with Crippen LogP contribution >= 0.6 is 0 Å². The summed E-state index contributed by atoms with van der Waals surface area (Å²) in [7, 11) is 0. The van der Waals surface area contributed by atoms with Crippen molar-refractivity contribution in [2.24, 2.45) is 11.7 Å². The molecule has 2 amide bonds.